The molecule has 1 amide bonds. The molecule has 1 saturated heterocycles. The minimum absolute atomic E-state index is 0.0156. The van der Waals surface area contributed by atoms with Crippen LogP contribution in [-0.2, 0) is 9.47 Å². The van der Waals surface area contributed by atoms with Crippen molar-refractivity contribution in [3.63, 3.8) is 0 Å². The third-order valence-electron chi connectivity index (χ3n) is 3.75. The van der Waals surface area contributed by atoms with E-state index < -0.39 is 0 Å². The standard InChI is InChI=1S/C17H25NO3/c1-11-7-12(2)16(13(3)8-11)17(19)18-14(4)9-21-15-5-6-20-10-15/h7-8,14-15H,5-6,9-10H2,1-4H3,(H,18,19)/t14-,15+/m0/s1. The van der Waals surface area contributed by atoms with Crippen molar-refractivity contribution in [1.29, 1.82) is 0 Å². The molecule has 1 aromatic rings. The van der Waals surface area contributed by atoms with E-state index in [4.69, 9.17) is 9.47 Å². The summed E-state index contributed by atoms with van der Waals surface area (Å²) in [6, 6.07) is 4.07. The summed E-state index contributed by atoms with van der Waals surface area (Å²) in [6.07, 6.45) is 1.11. The second-order valence-corrected chi connectivity index (χ2v) is 5.97. The minimum atomic E-state index is -0.0243. The van der Waals surface area contributed by atoms with Crippen molar-refractivity contribution in [3.05, 3.63) is 34.4 Å². The second-order valence-electron chi connectivity index (χ2n) is 5.97. The number of hydrogen-bond acceptors (Lipinski definition) is 3. The van der Waals surface area contributed by atoms with Gasteiger partial charge in [-0.05, 0) is 45.2 Å². The van der Waals surface area contributed by atoms with Gasteiger partial charge in [0.2, 0.25) is 0 Å². The summed E-state index contributed by atoms with van der Waals surface area (Å²) in [5, 5.41) is 3.02. The molecule has 2 rings (SSSR count). The highest BCUT2D eigenvalue weighted by molar-refractivity contribution is 5.97. The quantitative estimate of drug-likeness (QED) is 0.907. The monoisotopic (exact) mass is 291 g/mol. The van der Waals surface area contributed by atoms with Crippen LogP contribution in [0.4, 0.5) is 0 Å². The first kappa shape index (κ1) is 16.0. The number of rotatable bonds is 5. The van der Waals surface area contributed by atoms with Crippen LogP contribution in [0.1, 0.15) is 40.4 Å². The van der Waals surface area contributed by atoms with Crippen molar-refractivity contribution in [2.45, 2.75) is 46.3 Å². The van der Waals surface area contributed by atoms with Gasteiger partial charge in [0.05, 0.1) is 19.3 Å². The van der Waals surface area contributed by atoms with Crippen LogP contribution in [0.3, 0.4) is 0 Å². The van der Waals surface area contributed by atoms with E-state index in [1.165, 1.54) is 5.56 Å². The first-order chi connectivity index (χ1) is 9.97. The summed E-state index contributed by atoms with van der Waals surface area (Å²) in [4.78, 5) is 12.4. The van der Waals surface area contributed by atoms with Crippen LogP contribution in [0.15, 0.2) is 12.1 Å². The molecule has 0 bridgehead atoms. The van der Waals surface area contributed by atoms with Gasteiger partial charge in [-0.3, -0.25) is 4.79 Å². The average Bonchev–Trinajstić information content (AvgIpc) is 2.88. The molecular weight excluding hydrogens is 266 g/mol. The van der Waals surface area contributed by atoms with Gasteiger partial charge in [-0.15, -0.1) is 0 Å². The Bertz CT molecular complexity index is 484. The Balaban J connectivity index is 1.91. The minimum Gasteiger partial charge on any atom is -0.379 e. The highest BCUT2D eigenvalue weighted by Gasteiger charge is 2.19. The summed E-state index contributed by atoms with van der Waals surface area (Å²) >= 11 is 0. The Morgan fingerprint density at radius 1 is 1.38 bits per heavy atom. The van der Waals surface area contributed by atoms with Crippen molar-refractivity contribution in [2.24, 2.45) is 0 Å². The van der Waals surface area contributed by atoms with Gasteiger partial charge in [0.1, 0.15) is 0 Å². The Morgan fingerprint density at radius 3 is 2.62 bits per heavy atom. The highest BCUT2D eigenvalue weighted by Crippen LogP contribution is 2.16. The zero-order valence-corrected chi connectivity index (χ0v) is 13.4. The molecule has 1 N–H and O–H groups in total. The molecule has 0 unspecified atom stereocenters. The molecule has 116 valence electrons. The molecule has 2 atom stereocenters. The maximum absolute atomic E-state index is 12.4. The molecule has 0 aliphatic carbocycles. The fourth-order valence-electron chi connectivity index (χ4n) is 2.80. The molecule has 4 heteroatoms. The number of hydrogen-bond donors (Lipinski definition) is 1. The molecule has 0 aromatic heterocycles. The van der Waals surface area contributed by atoms with Crippen molar-refractivity contribution >= 4 is 5.91 Å². The molecule has 1 heterocycles. The largest absolute Gasteiger partial charge is 0.379 e. The van der Waals surface area contributed by atoms with Gasteiger partial charge in [0.15, 0.2) is 0 Å². The van der Waals surface area contributed by atoms with E-state index in [9.17, 15) is 4.79 Å². The van der Waals surface area contributed by atoms with Crippen LogP contribution in [-0.4, -0.2) is 37.9 Å². The number of ether oxygens (including phenoxy) is 2. The molecule has 4 nitrogen and oxygen atoms in total. The number of carbonyl (C=O) groups excluding carboxylic acids is 1. The van der Waals surface area contributed by atoms with E-state index in [0.717, 1.165) is 29.7 Å². The van der Waals surface area contributed by atoms with E-state index in [2.05, 4.69) is 5.32 Å². The van der Waals surface area contributed by atoms with Gasteiger partial charge in [-0.2, -0.15) is 0 Å². The summed E-state index contributed by atoms with van der Waals surface area (Å²) in [6.45, 7) is 9.92. The first-order valence-electron chi connectivity index (χ1n) is 7.55. The van der Waals surface area contributed by atoms with Crippen LogP contribution < -0.4 is 5.32 Å². The van der Waals surface area contributed by atoms with Gasteiger partial charge < -0.3 is 14.8 Å². The molecule has 1 fully saturated rings. The van der Waals surface area contributed by atoms with E-state index in [1.807, 2.05) is 39.8 Å². The lowest BCUT2D eigenvalue weighted by molar-refractivity contribution is 0.0318. The topological polar surface area (TPSA) is 47.6 Å². The van der Waals surface area contributed by atoms with Crippen LogP contribution in [0.25, 0.3) is 0 Å². The fourth-order valence-corrected chi connectivity index (χ4v) is 2.80. The van der Waals surface area contributed by atoms with Crippen LogP contribution >= 0.6 is 0 Å². The predicted octanol–water partition coefficient (Wildman–Crippen LogP) is 2.54. The highest BCUT2D eigenvalue weighted by atomic mass is 16.5. The maximum atomic E-state index is 12.4. The van der Waals surface area contributed by atoms with Crippen LogP contribution in [0, 0.1) is 20.8 Å². The van der Waals surface area contributed by atoms with E-state index >= 15 is 0 Å². The lowest BCUT2D eigenvalue weighted by Gasteiger charge is -2.18. The number of aryl methyl sites for hydroxylation is 3. The van der Waals surface area contributed by atoms with Crippen molar-refractivity contribution in [2.75, 3.05) is 19.8 Å². The van der Waals surface area contributed by atoms with Crippen molar-refractivity contribution < 1.29 is 14.3 Å². The van der Waals surface area contributed by atoms with E-state index in [1.54, 1.807) is 0 Å². The van der Waals surface area contributed by atoms with E-state index in [-0.39, 0.29) is 18.1 Å². The molecule has 0 spiro atoms. The zero-order valence-electron chi connectivity index (χ0n) is 13.4. The summed E-state index contributed by atoms with van der Waals surface area (Å²) in [5.74, 6) is -0.0243. The van der Waals surface area contributed by atoms with Crippen LogP contribution in [0.5, 0.6) is 0 Å². The normalized spacial score (nSPS) is 19.5. The second kappa shape index (κ2) is 7.05. The maximum Gasteiger partial charge on any atom is 0.252 e. The summed E-state index contributed by atoms with van der Waals surface area (Å²) in [7, 11) is 0. The predicted molar refractivity (Wildman–Crippen MR) is 82.8 cm³/mol. The van der Waals surface area contributed by atoms with Crippen LogP contribution in [0.2, 0.25) is 0 Å². The Labute approximate surface area is 126 Å². The van der Waals surface area contributed by atoms with Crippen molar-refractivity contribution in [1.82, 2.24) is 5.32 Å². The molecule has 21 heavy (non-hydrogen) atoms. The fraction of sp³-hybridized carbons (Fsp3) is 0.588. The van der Waals surface area contributed by atoms with Gasteiger partial charge in [-0.1, -0.05) is 17.7 Å². The smallest absolute Gasteiger partial charge is 0.252 e. The Kier molecular flexibility index (Phi) is 5.37. The SMILES string of the molecule is Cc1cc(C)c(C(=O)N[C@@H](C)CO[C@@H]2CCOC2)c(C)c1. The number of benzene rings is 1. The molecule has 0 saturated carbocycles. The molecule has 1 aliphatic heterocycles. The Hall–Kier alpha value is -1.39. The Morgan fingerprint density at radius 2 is 2.05 bits per heavy atom. The average molecular weight is 291 g/mol. The van der Waals surface area contributed by atoms with Gasteiger partial charge in [0, 0.05) is 18.2 Å². The summed E-state index contributed by atoms with van der Waals surface area (Å²) in [5.41, 5.74) is 3.99. The van der Waals surface area contributed by atoms with Gasteiger partial charge >= 0.3 is 0 Å². The molecule has 0 radical (unpaired) electrons. The zero-order chi connectivity index (χ0) is 15.4. The third kappa shape index (κ3) is 4.29. The number of amides is 1. The third-order valence-corrected chi connectivity index (χ3v) is 3.75. The van der Waals surface area contributed by atoms with Gasteiger partial charge in [0.25, 0.3) is 5.91 Å². The lowest BCUT2D eigenvalue weighted by atomic mass is 9.99. The molecular formula is C17H25NO3. The van der Waals surface area contributed by atoms with Crippen molar-refractivity contribution in [3.8, 4) is 0 Å². The molecule has 1 aromatic carbocycles. The summed E-state index contributed by atoms with van der Waals surface area (Å²) < 4.78 is 11.0. The number of nitrogens with one attached hydrogen (secondary N) is 1. The first-order valence-corrected chi connectivity index (χ1v) is 7.55. The number of carbonyl (C=O) groups is 1. The molecule has 1 aliphatic rings. The van der Waals surface area contributed by atoms with Gasteiger partial charge in [-0.25, -0.2) is 0 Å². The lowest BCUT2D eigenvalue weighted by Crippen LogP contribution is -2.37. The van der Waals surface area contributed by atoms with E-state index in [0.29, 0.717) is 13.2 Å².